The first-order chi connectivity index (χ1) is 16.9. The zero-order chi connectivity index (χ0) is 24.5. The second-order valence-corrected chi connectivity index (χ2v) is 8.15. The molecule has 0 fully saturated rings. The molecule has 5 rings (SSSR count). The van der Waals surface area contributed by atoms with E-state index in [4.69, 9.17) is 16.3 Å². The van der Waals surface area contributed by atoms with E-state index in [9.17, 15) is 13.6 Å². The van der Waals surface area contributed by atoms with Gasteiger partial charge in [0, 0.05) is 39.2 Å². The summed E-state index contributed by atoms with van der Waals surface area (Å²) in [5, 5.41) is 3.54. The van der Waals surface area contributed by atoms with Crippen LogP contribution in [0.1, 0.15) is 34.5 Å². The lowest BCUT2D eigenvalue weighted by molar-refractivity contribution is 0.0600. The van der Waals surface area contributed by atoms with Crippen molar-refractivity contribution in [3.05, 3.63) is 106 Å². The smallest absolute Gasteiger partial charge is 0.337 e. The van der Waals surface area contributed by atoms with Gasteiger partial charge in [-0.1, -0.05) is 31.2 Å². The zero-order valence-electron chi connectivity index (χ0n) is 18.3. The first kappa shape index (κ1) is 24.9. The van der Waals surface area contributed by atoms with Gasteiger partial charge in [-0.3, -0.25) is 4.99 Å². The molecule has 1 aliphatic rings. The van der Waals surface area contributed by atoms with Crippen molar-refractivity contribution in [3.8, 4) is 11.3 Å². The van der Waals surface area contributed by atoms with Crippen molar-refractivity contribution in [1.29, 1.82) is 0 Å². The first-order valence-corrected chi connectivity index (χ1v) is 10.9. The Morgan fingerprint density at radius 1 is 1.03 bits per heavy atom. The number of esters is 1. The minimum Gasteiger partial charge on any atom is -0.465 e. The minimum atomic E-state index is -0.980. The lowest BCUT2D eigenvalue weighted by atomic mass is 9.95. The fourth-order valence-corrected chi connectivity index (χ4v) is 4.01. The number of benzene rings is 3. The maximum atomic E-state index is 14.7. The van der Waals surface area contributed by atoms with Crippen molar-refractivity contribution >= 4 is 34.9 Å². The fraction of sp³-hybridized carbons (Fsp3) is 0.111. The number of rotatable bonds is 4. The predicted octanol–water partition coefficient (Wildman–Crippen LogP) is 6.59. The third-order valence-corrected chi connectivity index (χ3v) is 5.77. The van der Waals surface area contributed by atoms with Gasteiger partial charge in [-0.05, 0) is 48.5 Å². The summed E-state index contributed by atoms with van der Waals surface area (Å²) in [4.78, 5) is 25.3. The van der Waals surface area contributed by atoms with E-state index in [1.54, 1.807) is 48.7 Å². The highest BCUT2D eigenvalue weighted by Gasteiger charge is 2.24. The third-order valence-electron chi connectivity index (χ3n) is 5.53. The highest BCUT2D eigenvalue weighted by atomic mass is 35.5. The Labute approximate surface area is 211 Å². The lowest BCUT2D eigenvalue weighted by Gasteiger charge is -2.13. The average Bonchev–Trinajstić information content (AvgIpc) is 3.02. The number of anilines is 2. The Kier molecular flexibility index (Phi) is 7.07. The number of hydrogen-bond donors (Lipinski definition) is 1. The summed E-state index contributed by atoms with van der Waals surface area (Å²) in [5.41, 5.74) is 3.91. The van der Waals surface area contributed by atoms with Crippen LogP contribution in [0, 0.1) is 11.6 Å². The highest BCUT2D eigenvalue weighted by molar-refractivity contribution is 6.31. The number of carbonyl (C=O) groups excluding carboxylic acids is 1. The quantitative estimate of drug-likeness (QED) is 0.316. The third kappa shape index (κ3) is 4.67. The molecule has 0 aliphatic carbocycles. The highest BCUT2D eigenvalue weighted by Crippen LogP contribution is 2.34. The summed E-state index contributed by atoms with van der Waals surface area (Å²) >= 11 is 6.26. The summed E-state index contributed by atoms with van der Waals surface area (Å²) in [6.07, 6.45) is 1.64. The molecule has 3 aromatic carbocycles. The second kappa shape index (κ2) is 10.2. The largest absolute Gasteiger partial charge is 0.465 e. The van der Waals surface area contributed by atoms with E-state index < -0.39 is 17.6 Å². The Hall–Kier alpha value is -4.17. The van der Waals surface area contributed by atoms with Crippen LogP contribution in [0.15, 0.2) is 71.9 Å². The summed E-state index contributed by atoms with van der Waals surface area (Å²) < 4.78 is 33.4. The van der Waals surface area contributed by atoms with Gasteiger partial charge in [0.1, 0.15) is 0 Å². The summed E-state index contributed by atoms with van der Waals surface area (Å²) in [7, 11) is 1.32. The van der Waals surface area contributed by atoms with Crippen LogP contribution in [0.5, 0.6) is 0 Å². The average molecular weight is 507 g/mol. The molecule has 0 saturated carbocycles. The van der Waals surface area contributed by atoms with Crippen LogP contribution in [0.2, 0.25) is 5.02 Å². The molecule has 0 amide bonds. The van der Waals surface area contributed by atoms with Crippen LogP contribution in [0.3, 0.4) is 0 Å². The van der Waals surface area contributed by atoms with Crippen molar-refractivity contribution in [3.63, 3.8) is 0 Å². The number of aliphatic imine (C=N–C) groups is 1. The molecule has 9 heteroatoms. The van der Waals surface area contributed by atoms with E-state index in [1.807, 2.05) is 0 Å². The summed E-state index contributed by atoms with van der Waals surface area (Å²) in [5.74, 6) is -2.05. The number of halogens is 3. The number of carbonyl (C=O) groups is 1. The molecule has 0 radical (unpaired) electrons. The SMILES string of the molecule is C.COC(=O)c1ccc(Nc2ncc3c(n2)-c2ccc(Cl)cc2C(c2cccc(F)c2F)=NC3)cc1. The van der Waals surface area contributed by atoms with E-state index in [0.29, 0.717) is 44.6 Å². The number of nitrogens with one attached hydrogen (secondary N) is 1. The zero-order valence-corrected chi connectivity index (χ0v) is 19.1. The molecule has 6 nitrogen and oxygen atoms in total. The van der Waals surface area contributed by atoms with E-state index in [2.05, 4.69) is 20.3 Å². The number of hydrogen-bond acceptors (Lipinski definition) is 6. The molecule has 0 saturated heterocycles. The topological polar surface area (TPSA) is 76.5 Å². The van der Waals surface area contributed by atoms with E-state index >= 15 is 0 Å². The van der Waals surface area contributed by atoms with Gasteiger partial charge in [0.25, 0.3) is 0 Å². The van der Waals surface area contributed by atoms with Crippen LogP contribution in [-0.4, -0.2) is 28.8 Å². The maximum Gasteiger partial charge on any atom is 0.337 e. The van der Waals surface area contributed by atoms with Gasteiger partial charge in [-0.15, -0.1) is 0 Å². The molecular weight excluding hydrogens is 486 g/mol. The van der Waals surface area contributed by atoms with Gasteiger partial charge in [0.2, 0.25) is 5.95 Å². The van der Waals surface area contributed by atoms with Crippen LogP contribution < -0.4 is 5.32 Å². The van der Waals surface area contributed by atoms with Crippen molar-refractivity contribution in [2.24, 2.45) is 4.99 Å². The van der Waals surface area contributed by atoms with Gasteiger partial charge < -0.3 is 10.1 Å². The molecule has 2 heterocycles. The van der Waals surface area contributed by atoms with E-state index in [-0.39, 0.29) is 25.2 Å². The number of ether oxygens (including phenoxy) is 1. The van der Waals surface area contributed by atoms with Crippen LogP contribution in [0.25, 0.3) is 11.3 Å². The van der Waals surface area contributed by atoms with Gasteiger partial charge in [0.05, 0.1) is 30.6 Å². The van der Waals surface area contributed by atoms with Gasteiger partial charge in [0.15, 0.2) is 11.6 Å². The minimum absolute atomic E-state index is 0. The molecular formula is C27H21ClF2N4O2. The molecule has 0 spiro atoms. The number of fused-ring (bicyclic) bond motifs is 3. The molecule has 1 aromatic heterocycles. The maximum absolute atomic E-state index is 14.7. The lowest BCUT2D eigenvalue weighted by Crippen LogP contribution is -2.08. The van der Waals surface area contributed by atoms with Crippen molar-refractivity contribution in [1.82, 2.24) is 9.97 Å². The van der Waals surface area contributed by atoms with E-state index in [1.165, 1.54) is 19.2 Å². The van der Waals surface area contributed by atoms with Crippen molar-refractivity contribution in [2.45, 2.75) is 14.0 Å². The van der Waals surface area contributed by atoms with Crippen LogP contribution >= 0.6 is 11.6 Å². The van der Waals surface area contributed by atoms with Gasteiger partial charge >= 0.3 is 5.97 Å². The Bertz CT molecular complexity index is 1490. The van der Waals surface area contributed by atoms with Crippen molar-refractivity contribution < 1.29 is 18.3 Å². The molecule has 1 N–H and O–H groups in total. The van der Waals surface area contributed by atoms with Crippen LogP contribution in [0.4, 0.5) is 20.4 Å². The molecule has 0 bridgehead atoms. The standard InChI is InChI=1S/C26H17ClF2N4O2.CH4/c1-35-25(34)14-5-8-17(9-6-14)32-26-31-13-15-12-30-24(19-3-2-4-21(28)22(19)29)20-11-16(27)7-10-18(20)23(15)33-26;/h2-11,13H,12H2,1H3,(H,31,32,33);1H4. The molecule has 0 atom stereocenters. The Morgan fingerprint density at radius 2 is 1.81 bits per heavy atom. The second-order valence-electron chi connectivity index (χ2n) is 7.72. The number of aromatic nitrogens is 2. The fourth-order valence-electron chi connectivity index (χ4n) is 3.84. The van der Waals surface area contributed by atoms with Gasteiger partial charge in [-0.2, -0.15) is 0 Å². The molecule has 4 aromatic rings. The summed E-state index contributed by atoms with van der Waals surface area (Å²) in [6.45, 7) is 0.168. The van der Waals surface area contributed by atoms with Crippen molar-refractivity contribution in [2.75, 3.05) is 12.4 Å². The predicted molar refractivity (Wildman–Crippen MR) is 136 cm³/mol. The first-order valence-electron chi connectivity index (χ1n) is 10.5. The Morgan fingerprint density at radius 3 is 2.56 bits per heavy atom. The van der Waals surface area contributed by atoms with Gasteiger partial charge in [-0.25, -0.2) is 23.5 Å². The number of nitrogens with zero attached hydrogens (tertiary/aromatic N) is 3. The number of methoxy groups -OCH3 is 1. The van der Waals surface area contributed by atoms with E-state index in [0.717, 1.165) is 6.07 Å². The molecule has 182 valence electrons. The monoisotopic (exact) mass is 506 g/mol. The molecule has 36 heavy (non-hydrogen) atoms. The Balaban J connectivity index is 0.00000304. The molecule has 0 unspecified atom stereocenters. The normalized spacial score (nSPS) is 11.8. The summed E-state index contributed by atoms with van der Waals surface area (Å²) in [6, 6.07) is 15.8. The molecule has 1 aliphatic heterocycles. The van der Waals surface area contributed by atoms with Crippen LogP contribution in [-0.2, 0) is 11.3 Å².